The monoisotopic (exact) mass is 318 g/mol. The number of halogens is 2. The molecule has 8 heteroatoms. The molecule has 0 bridgehead atoms. The van der Waals surface area contributed by atoms with Crippen LogP contribution in [0.2, 0.25) is 10.0 Å². The Bertz CT molecular complexity index is 500. The summed E-state index contributed by atoms with van der Waals surface area (Å²) in [5.74, 6) is -0.0574. The first-order valence-electron chi connectivity index (χ1n) is 5.83. The first kappa shape index (κ1) is 16.4. The highest BCUT2D eigenvalue weighted by atomic mass is 35.5. The summed E-state index contributed by atoms with van der Waals surface area (Å²) in [6.45, 7) is 3.64. The predicted molar refractivity (Wildman–Crippen MR) is 80.7 cm³/mol. The average Bonchev–Trinajstić information content (AvgIpc) is 2.33. The molecule has 2 amide bonds. The molecule has 20 heavy (non-hydrogen) atoms. The first-order chi connectivity index (χ1) is 9.33. The number of rotatable bonds is 4. The van der Waals surface area contributed by atoms with Crippen LogP contribution < -0.4 is 11.1 Å². The second-order valence-corrected chi connectivity index (χ2v) is 5.27. The summed E-state index contributed by atoms with van der Waals surface area (Å²) in [6, 6.07) is 4.19. The Morgan fingerprint density at radius 2 is 1.95 bits per heavy atom. The Labute approximate surface area is 127 Å². The number of anilines is 1. The maximum Gasteiger partial charge on any atom is 0.322 e. The van der Waals surface area contributed by atoms with Crippen LogP contribution in [0.5, 0.6) is 0 Å². The molecule has 0 saturated carbocycles. The van der Waals surface area contributed by atoms with Gasteiger partial charge in [0.05, 0.1) is 6.54 Å². The van der Waals surface area contributed by atoms with Crippen LogP contribution in [0.25, 0.3) is 0 Å². The van der Waals surface area contributed by atoms with E-state index in [2.05, 4.69) is 10.5 Å². The third kappa shape index (κ3) is 4.79. The largest absolute Gasteiger partial charge is 0.409 e. The van der Waals surface area contributed by atoms with Gasteiger partial charge >= 0.3 is 6.03 Å². The van der Waals surface area contributed by atoms with Crippen LogP contribution in [-0.4, -0.2) is 34.6 Å². The SMILES string of the molecule is CC(C)N(C/C(N)=N/O)C(=O)Nc1cc(Cl)cc(Cl)c1. The minimum atomic E-state index is -0.398. The van der Waals surface area contributed by atoms with Gasteiger partial charge in [0, 0.05) is 21.8 Å². The van der Waals surface area contributed by atoms with E-state index in [0.29, 0.717) is 15.7 Å². The Balaban J connectivity index is 2.85. The van der Waals surface area contributed by atoms with Crippen molar-refractivity contribution in [3.63, 3.8) is 0 Å². The molecule has 0 heterocycles. The van der Waals surface area contributed by atoms with Crippen molar-refractivity contribution in [2.24, 2.45) is 10.9 Å². The summed E-state index contributed by atoms with van der Waals surface area (Å²) < 4.78 is 0. The molecule has 110 valence electrons. The second kappa shape index (κ2) is 7.21. The third-order valence-corrected chi connectivity index (χ3v) is 2.90. The van der Waals surface area contributed by atoms with E-state index >= 15 is 0 Å². The van der Waals surface area contributed by atoms with E-state index in [1.807, 2.05) is 13.8 Å². The third-order valence-electron chi connectivity index (χ3n) is 2.46. The van der Waals surface area contributed by atoms with E-state index < -0.39 is 6.03 Å². The molecule has 0 radical (unpaired) electrons. The van der Waals surface area contributed by atoms with Crippen molar-refractivity contribution in [1.82, 2.24) is 4.90 Å². The summed E-state index contributed by atoms with van der Waals surface area (Å²) >= 11 is 11.7. The topological polar surface area (TPSA) is 90.9 Å². The lowest BCUT2D eigenvalue weighted by Gasteiger charge is -2.26. The molecule has 4 N–H and O–H groups in total. The van der Waals surface area contributed by atoms with E-state index in [1.54, 1.807) is 18.2 Å². The molecule has 0 aliphatic heterocycles. The number of hydrogen-bond acceptors (Lipinski definition) is 3. The van der Waals surface area contributed by atoms with E-state index in [9.17, 15) is 4.79 Å². The molecule has 0 aliphatic carbocycles. The summed E-state index contributed by atoms with van der Waals surface area (Å²) in [5, 5.41) is 14.9. The van der Waals surface area contributed by atoms with Gasteiger partial charge in [-0.15, -0.1) is 0 Å². The fourth-order valence-corrected chi connectivity index (χ4v) is 2.04. The van der Waals surface area contributed by atoms with Crippen LogP contribution in [0.3, 0.4) is 0 Å². The molecule has 0 fully saturated rings. The second-order valence-electron chi connectivity index (χ2n) is 4.40. The van der Waals surface area contributed by atoms with Gasteiger partial charge in [-0.05, 0) is 32.0 Å². The zero-order valence-corrected chi connectivity index (χ0v) is 12.6. The lowest BCUT2D eigenvalue weighted by molar-refractivity contribution is 0.205. The van der Waals surface area contributed by atoms with Gasteiger partial charge < -0.3 is 21.2 Å². The Morgan fingerprint density at radius 3 is 2.40 bits per heavy atom. The molecule has 1 aromatic rings. The van der Waals surface area contributed by atoms with Crippen molar-refractivity contribution in [2.45, 2.75) is 19.9 Å². The maximum absolute atomic E-state index is 12.2. The summed E-state index contributed by atoms with van der Waals surface area (Å²) in [7, 11) is 0. The van der Waals surface area contributed by atoms with E-state index in [0.717, 1.165) is 0 Å². The Hall–Kier alpha value is -1.66. The number of oxime groups is 1. The van der Waals surface area contributed by atoms with Crippen molar-refractivity contribution in [3.05, 3.63) is 28.2 Å². The maximum atomic E-state index is 12.2. The van der Waals surface area contributed by atoms with Crippen LogP contribution >= 0.6 is 23.2 Å². The van der Waals surface area contributed by atoms with Gasteiger partial charge in [-0.3, -0.25) is 0 Å². The van der Waals surface area contributed by atoms with Crippen molar-refractivity contribution in [1.29, 1.82) is 0 Å². The Morgan fingerprint density at radius 1 is 1.40 bits per heavy atom. The van der Waals surface area contributed by atoms with Crippen molar-refractivity contribution in [2.75, 3.05) is 11.9 Å². The lowest BCUT2D eigenvalue weighted by Crippen LogP contribution is -2.45. The molecule has 0 atom stereocenters. The van der Waals surface area contributed by atoms with Crippen LogP contribution in [0.15, 0.2) is 23.4 Å². The van der Waals surface area contributed by atoms with E-state index in [-0.39, 0.29) is 18.4 Å². The van der Waals surface area contributed by atoms with Gasteiger partial charge in [0.1, 0.15) is 0 Å². The number of nitrogens with two attached hydrogens (primary N) is 1. The first-order valence-corrected chi connectivity index (χ1v) is 6.59. The molecular weight excluding hydrogens is 303 g/mol. The number of nitrogens with zero attached hydrogens (tertiary/aromatic N) is 2. The standard InChI is InChI=1S/C12H16Cl2N4O2/c1-7(2)18(6-11(15)17-20)12(19)16-10-4-8(13)3-9(14)5-10/h3-5,7,20H,6H2,1-2H3,(H2,15,17)(H,16,19). The zero-order valence-electron chi connectivity index (χ0n) is 11.1. The van der Waals surface area contributed by atoms with Crippen LogP contribution in [-0.2, 0) is 0 Å². The van der Waals surface area contributed by atoms with Gasteiger partial charge in [-0.1, -0.05) is 28.4 Å². The smallest absolute Gasteiger partial charge is 0.322 e. The summed E-state index contributed by atoms with van der Waals surface area (Å²) in [6.07, 6.45) is 0. The summed E-state index contributed by atoms with van der Waals surface area (Å²) in [5.41, 5.74) is 5.90. The molecular formula is C12H16Cl2N4O2. The number of hydrogen-bond donors (Lipinski definition) is 3. The van der Waals surface area contributed by atoms with Gasteiger partial charge in [0.15, 0.2) is 5.84 Å². The number of benzene rings is 1. The quantitative estimate of drug-likeness (QED) is 0.345. The normalized spacial score (nSPS) is 11.6. The average molecular weight is 319 g/mol. The number of amides is 2. The van der Waals surface area contributed by atoms with Crippen LogP contribution in [0, 0.1) is 0 Å². The molecule has 1 aromatic carbocycles. The van der Waals surface area contributed by atoms with Gasteiger partial charge in [0.2, 0.25) is 0 Å². The fraction of sp³-hybridized carbons (Fsp3) is 0.333. The van der Waals surface area contributed by atoms with Gasteiger partial charge in [-0.25, -0.2) is 4.79 Å². The molecule has 0 unspecified atom stereocenters. The predicted octanol–water partition coefficient (Wildman–Crippen LogP) is 2.98. The highest BCUT2D eigenvalue weighted by Crippen LogP contribution is 2.22. The Kier molecular flexibility index (Phi) is 5.91. The zero-order chi connectivity index (χ0) is 15.3. The number of amidine groups is 1. The molecule has 1 rings (SSSR count). The minimum absolute atomic E-state index is 0.00823. The molecule has 0 aromatic heterocycles. The summed E-state index contributed by atoms with van der Waals surface area (Å²) in [4.78, 5) is 13.6. The number of nitrogens with one attached hydrogen (secondary N) is 1. The molecule has 6 nitrogen and oxygen atoms in total. The number of carbonyl (C=O) groups is 1. The molecule has 0 saturated heterocycles. The minimum Gasteiger partial charge on any atom is -0.409 e. The highest BCUT2D eigenvalue weighted by molar-refractivity contribution is 6.35. The van der Waals surface area contributed by atoms with Gasteiger partial charge in [0.25, 0.3) is 0 Å². The van der Waals surface area contributed by atoms with Crippen molar-refractivity contribution in [3.8, 4) is 0 Å². The number of urea groups is 1. The van der Waals surface area contributed by atoms with Crippen molar-refractivity contribution < 1.29 is 10.0 Å². The van der Waals surface area contributed by atoms with E-state index in [1.165, 1.54) is 4.90 Å². The van der Waals surface area contributed by atoms with Crippen LogP contribution in [0.4, 0.5) is 10.5 Å². The van der Waals surface area contributed by atoms with Crippen LogP contribution in [0.1, 0.15) is 13.8 Å². The highest BCUT2D eigenvalue weighted by Gasteiger charge is 2.18. The fourth-order valence-electron chi connectivity index (χ4n) is 1.52. The molecule has 0 spiro atoms. The van der Waals surface area contributed by atoms with Crippen molar-refractivity contribution >= 4 is 40.8 Å². The lowest BCUT2D eigenvalue weighted by atomic mass is 10.3. The van der Waals surface area contributed by atoms with Gasteiger partial charge in [-0.2, -0.15) is 0 Å². The number of carbonyl (C=O) groups excluding carboxylic acids is 1. The van der Waals surface area contributed by atoms with E-state index in [4.69, 9.17) is 34.1 Å². The molecule has 0 aliphatic rings.